The topological polar surface area (TPSA) is 69.1 Å². The average Bonchev–Trinajstić information content (AvgIpc) is 3.15. The molecule has 1 N–H and O–H groups in total. The maximum Gasteiger partial charge on any atom is 0.259 e. The Labute approximate surface area is 155 Å². The van der Waals surface area contributed by atoms with E-state index >= 15 is 0 Å². The maximum atomic E-state index is 12.6. The van der Waals surface area contributed by atoms with Gasteiger partial charge in [0.1, 0.15) is 12.4 Å². The SMILES string of the molecule is O=c1[nH]c2ccccc2cc1-c1nccn1C[C@H]1COc2ccccc2O1. The molecule has 1 aliphatic rings. The first-order chi connectivity index (χ1) is 13.3. The van der Waals surface area contributed by atoms with Crippen LogP contribution in [0, 0.1) is 0 Å². The van der Waals surface area contributed by atoms with Crippen molar-refractivity contribution in [1.82, 2.24) is 14.5 Å². The number of imidazole rings is 1. The number of nitrogens with one attached hydrogen (secondary N) is 1. The van der Waals surface area contributed by atoms with Gasteiger partial charge in [0.2, 0.25) is 0 Å². The van der Waals surface area contributed by atoms with Crippen LogP contribution in [-0.4, -0.2) is 27.2 Å². The monoisotopic (exact) mass is 359 g/mol. The van der Waals surface area contributed by atoms with Gasteiger partial charge < -0.3 is 19.0 Å². The van der Waals surface area contributed by atoms with Crippen molar-refractivity contribution in [3.8, 4) is 22.9 Å². The zero-order valence-corrected chi connectivity index (χ0v) is 14.5. The van der Waals surface area contributed by atoms with Crippen molar-refractivity contribution in [2.45, 2.75) is 12.6 Å². The van der Waals surface area contributed by atoms with Crippen LogP contribution in [0.15, 0.2) is 71.8 Å². The molecule has 0 fully saturated rings. The van der Waals surface area contributed by atoms with Crippen LogP contribution in [0.1, 0.15) is 0 Å². The van der Waals surface area contributed by atoms with Crippen LogP contribution in [0.2, 0.25) is 0 Å². The molecule has 0 bridgehead atoms. The summed E-state index contributed by atoms with van der Waals surface area (Å²) in [5.74, 6) is 2.11. The summed E-state index contributed by atoms with van der Waals surface area (Å²) in [7, 11) is 0. The molecule has 6 heteroatoms. The zero-order valence-electron chi connectivity index (χ0n) is 14.5. The Balaban J connectivity index is 1.47. The van der Waals surface area contributed by atoms with Gasteiger partial charge in [-0.2, -0.15) is 0 Å². The molecule has 1 atom stereocenters. The third-order valence-electron chi connectivity index (χ3n) is 4.68. The van der Waals surface area contributed by atoms with E-state index in [1.54, 1.807) is 6.20 Å². The maximum absolute atomic E-state index is 12.6. The highest BCUT2D eigenvalue weighted by molar-refractivity contribution is 5.82. The van der Waals surface area contributed by atoms with Crippen LogP contribution in [0.5, 0.6) is 11.5 Å². The number of nitrogens with zero attached hydrogens (tertiary/aromatic N) is 2. The molecular formula is C21H17N3O3. The van der Waals surface area contributed by atoms with E-state index in [0.29, 0.717) is 24.5 Å². The first kappa shape index (κ1) is 15.7. The minimum absolute atomic E-state index is 0.160. The lowest BCUT2D eigenvalue weighted by atomic mass is 10.1. The number of pyridine rings is 1. The van der Waals surface area contributed by atoms with E-state index in [9.17, 15) is 4.79 Å². The van der Waals surface area contributed by atoms with E-state index in [-0.39, 0.29) is 11.7 Å². The Hall–Kier alpha value is -3.54. The third kappa shape index (κ3) is 2.85. The quantitative estimate of drug-likeness (QED) is 0.610. The Morgan fingerprint density at radius 2 is 1.93 bits per heavy atom. The van der Waals surface area contributed by atoms with Gasteiger partial charge in [0.15, 0.2) is 17.6 Å². The number of fused-ring (bicyclic) bond motifs is 2. The van der Waals surface area contributed by atoms with Gasteiger partial charge in [-0.15, -0.1) is 0 Å². The predicted molar refractivity (Wildman–Crippen MR) is 102 cm³/mol. The van der Waals surface area contributed by atoms with Gasteiger partial charge in [0.25, 0.3) is 5.56 Å². The Morgan fingerprint density at radius 1 is 1.11 bits per heavy atom. The first-order valence-electron chi connectivity index (χ1n) is 8.80. The number of aromatic nitrogens is 3. The Morgan fingerprint density at radius 3 is 2.85 bits per heavy atom. The van der Waals surface area contributed by atoms with E-state index < -0.39 is 0 Å². The highest BCUT2D eigenvalue weighted by Gasteiger charge is 2.22. The molecule has 0 aliphatic carbocycles. The minimum atomic E-state index is -0.160. The fourth-order valence-electron chi connectivity index (χ4n) is 3.39. The number of aromatic amines is 1. The number of H-pyrrole nitrogens is 1. The fourth-order valence-corrected chi connectivity index (χ4v) is 3.39. The summed E-state index contributed by atoms with van der Waals surface area (Å²) in [5.41, 5.74) is 1.19. The molecule has 0 amide bonds. The second-order valence-corrected chi connectivity index (χ2v) is 6.50. The van der Waals surface area contributed by atoms with Gasteiger partial charge >= 0.3 is 0 Å². The summed E-state index contributed by atoms with van der Waals surface area (Å²) in [6.07, 6.45) is 3.39. The fraction of sp³-hybridized carbons (Fsp3) is 0.143. The summed E-state index contributed by atoms with van der Waals surface area (Å²) >= 11 is 0. The lowest BCUT2D eigenvalue weighted by molar-refractivity contribution is 0.0788. The van der Waals surface area contributed by atoms with Crippen LogP contribution >= 0.6 is 0 Å². The molecule has 2 aromatic heterocycles. The van der Waals surface area contributed by atoms with Crippen LogP contribution in [-0.2, 0) is 6.54 Å². The van der Waals surface area contributed by atoms with Gasteiger partial charge in [-0.1, -0.05) is 30.3 Å². The van der Waals surface area contributed by atoms with Crippen LogP contribution in [0.25, 0.3) is 22.3 Å². The molecule has 0 saturated carbocycles. The largest absolute Gasteiger partial charge is 0.486 e. The van der Waals surface area contributed by atoms with Gasteiger partial charge in [-0.25, -0.2) is 4.98 Å². The zero-order chi connectivity index (χ0) is 18.2. The second-order valence-electron chi connectivity index (χ2n) is 6.50. The molecule has 4 aromatic rings. The van der Waals surface area contributed by atoms with E-state index in [2.05, 4.69) is 9.97 Å². The second kappa shape index (κ2) is 6.32. The van der Waals surface area contributed by atoms with Crippen molar-refractivity contribution in [3.05, 3.63) is 77.3 Å². The van der Waals surface area contributed by atoms with Crippen molar-refractivity contribution in [3.63, 3.8) is 0 Å². The lowest BCUT2D eigenvalue weighted by Crippen LogP contribution is -2.33. The lowest BCUT2D eigenvalue weighted by Gasteiger charge is -2.27. The predicted octanol–water partition coefficient (Wildman–Crippen LogP) is 3.23. The van der Waals surface area contributed by atoms with Crippen molar-refractivity contribution in [2.75, 3.05) is 6.61 Å². The van der Waals surface area contributed by atoms with Gasteiger partial charge in [-0.05, 0) is 29.7 Å². The van der Waals surface area contributed by atoms with Crippen LogP contribution < -0.4 is 15.0 Å². The number of hydrogen-bond donors (Lipinski definition) is 1. The standard InChI is InChI=1S/C21H17N3O3/c25-21-16(11-14-5-1-2-6-17(14)23-21)20-22-9-10-24(20)12-15-13-26-18-7-3-4-8-19(18)27-15/h1-11,15H,12-13H2,(H,23,25)/t15-/m0/s1. The highest BCUT2D eigenvalue weighted by atomic mass is 16.6. The van der Waals surface area contributed by atoms with Crippen molar-refractivity contribution < 1.29 is 9.47 Å². The Kier molecular flexibility index (Phi) is 3.67. The molecular weight excluding hydrogens is 342 g/mol. The third-order valence-corrected chi connectivity index (χ3v) is 4.68. The van der Waals surface area contributed by atoms with Crippen LogP contribution in [0.3, 0.4) is 0 Å². The molecule has 27 heavy (non-hydrogen) atoms. The van der Waals surface area contributed by atoms with E-state index in [1.165, 1.54) is 0 Å². The van der Waals surface area contributed by atoms with Crippen molar-refractivity contribution >= 4 is 10.9 Å². The molecule has 0 saturated heterocycles. The molecule has 2 aromatic carbocycles. The number of para-hydroxylation sites is 3. The van der Waals surface area contributed by atoms with E-state index in [0.717, 1.165) is 22.4 Å². The molecule has 0 unspecified atom stereocenters. The Bertz CT molecular complexity index is 1180. The summed E-state index contributed by atoms with van der Waals surface area (Å²) in [5, 5.41) is 0.966. The molecule has 0 radical (unpaired) electrons. The van der Waals surface area contributed by atoms with Crippen molar-refractivity contribution in [1.29, 1.82) is 0 Å². The number of benzene rings is 2. The normalized spacial score (nSPS) is 15.8. The summed E-state index contributed by atoms with van der Waals surface area (Å²) in [6.45, 7) is 0.985. The van der Waals surface area contributed by atoms with Gasteiger partial charge in [0, 0.05) is 17.9 Å². The molecule has 1 aliphatic heterocycles. The molecule has 5 rings (SSSR count). The van der Waals surface area contributed by atoms with E-state index in [4.69, 9.17) is 9.47 Å². The van der Waals surface area contributed by atoms with E-state index in [1.807, 2.05) is 65.4 Å². The summed E-state index contributed by atoms with van der Waals surface area (Å²) in [4.78, 5) is 19.9. The molecule has 134 valence electrons. The molecule has 6 nitrogen and oxygen atoms in total. The smallest absolute Gasteiger partial charge is 0.259 e. The van der Waals surface area contributed by atoms with Gasteiger partial charge in [-0.3, -0.25) is 4.79 Å². The van der Waals surface area contributed by atoms with Crippen LogP contribution in [0.4, 0.5) is 0 Å². The molecule has 3 heterocycles. The number of hydrogen-bond acceptors (Lipinski definition) is 4. The summed E-state index contributed by atoms with van der Waals surface area (Å²) in [6, 6.07) is 17.2. The number of rotatable bonds is 3. The average molecular weight is 359 g/mol. The first-order valence-corrected chi connectivity index (χ1v) is 8.80. The van der Waals surface area contributed by atoms with Gasteiger partial charge in [0.05, 0.1) is 12.1 Å². The molecule has 0 spiro atoms. The van der Waals surface area contributed by atoms with Crippen molar-refractivity contribution in [2.24, 2.45) is 0 Å². The highest BCUT2D eigenvalue weighted by Crippen LogP contribution is 2.31. The minimum Gasteiger partial charge on any atom is -0.486 e. The number of ether oxygens (including phenoxy) is 2. The summed E-state index contributed by atoms with van der Waals surface area (Å²) < 4.78 is 13.8.